The molecule has 128 valence electrons. The van der Waals surface area contributed by atoms with E-state index in [0.29, 0.717) is 19.6 Å². The second-order valence-corrected chi connectivity index (χ2v) is 6.06. The quantitative estimate of drug-likeness (QED) is 0.783. The Morgan fingerprint density at radius 1 is 1.35 bits per heavy atom. The van der Waals surface area contributed by atoms with Gasteiger partial charge in [0.25, 0.3) is 5.95 Å². The second-order valence-electron chi connectivity index (χ2n) is 6.06. The minimum Gasteiger partial charge on any atom is -0.338 e. The zero-order valence-corrected chi connectivity index (χ0v) is 14.1. The number of carbonyl (C=O) groups is 2. The van der Waals surface area contributed by atoms with Crippen LogP contribution in [0, 0.1) is 0 Å². The molecule has 1 aliphatic heterocycles. The highest BCUT2D eigenvalue weighted by molar-refractivity contribution is 5.91. The number of nitrogens with one attached hydrogen (secondary N) is 1. The van der Waals surface area contributed by atoms with Gasteiger partial charge >= 0.3 is 6.03 Å². The van der Waals surface area contributed by atoms with Crippen molar-refractivity contribution in [3.05, 3.63) is 0 Å². The SMILES string of the molecule is CC(C)n1nnc(NC(=O)N2CCN(CCN(C)C)C(=O)C2)n1. The van der Waals surface area contributed by atoms with Gasteiger partial charge in [-0.3, -0.25) is 10.1 Å². The van der Waals surface area contributed by atoms with Gasteiger partial charge in [0, 0.05) is 26.2 Å². The third kappa shape index (κ3) is 4.62. The average molecular weight is 324 g/mol. The minimum atomic E-state index is -0.381. The highest BCUT2D eigenvalue weighted by atomic mass is 16.2. The molecule has 0 saturated carbocycles. The van der Waals surface area contributed by atoms with Gasteiger partial charge in [0.15, 0.2) is 0 Å². The number of piperazine rings is 1. The lowest BCUT2D eigenvalue weighted by molar-refractivity contribution is -0.134. The molecule has 1 aliphatic rings. The summed E-state index contributed by atoms with van der Waals surface area (Å²) in [5.41, 5.74) is 0. The van der Waals surface area contributed by atoms with Crippen LogP contribution in [0.4, 0.5) is 10.7 Å². The third-order valence-electron chi connectivity index (χ3n) is 3.53. The number of carbonyl (C=O) groups excluding carboxylic acids is 2. The zero-order chi connectivity index (χ0) is 17.0. The van der Waals surface area contributed by atoms with Crippen LogP contribution in [0.5, 0.6) is 0 Å². The molecule has 0 radical (unpaired) electrons. The first-order valence-corrected chi connectivity index (χ1v) is 7.64. The summed E-state index contributed by atoms with van der Waals surface area (Å²) in [6.07, 6.45) is 0. The predicted molar refractivity (Wildman–Crippen MR) is 83.9 cm³/mol. The molecule has 0 aliphatic carbocycles. The van der Waals surface area contributed by atoms with Crippen LogP contribution in [-0.4, -0.2) is 93.7 Å². The summed E-state index contributed by atoms with van der Waals surface area (Å²) in [6, 6.07) is -0.316. The van der Waals surface area contributed by atoms with Gasteiger partial charge < -0.3 is 14.7 Å². The molecule has 0 aromatic carbocycles. The molecule has 0 bridgehead atoms. The van der Waals surface area contributed by atoms with Crippen LogP contribution in [0.25, 0.3) is 0 Å². The fourth-order valence-corrected chi connectivity index (χ4v) is 2.11. The Balaban J connectivity index is 1.85. The van der Waals surface area contributed by atoms with E-state index >= 15 is 0 Å². The van der Waals surface area contributed by atoms with Crippen molar-refractivity contribution in [1.29, 1.82) is 0 Å². The van der Waals surface area contributed by atoms with Gasteiger partial charge in [0.05, 0.1) is 6.04 Å². The molecule has 1 aromatic heterocycles. The molecule has 1 aromatic rings. The Morgan fingerprint density at radius 3 is 2.65 bits per heavy atom. The molecule has 10 nitrogen and oxygen atoms in total. The van der Waals surface area contributed by atoms with Crippen LogP contribution in [0.2, 0.25) is 0 Å². The van der Waals surface area contributed by atoms with Gasteiger partial charge in [-0.15, -0.1) is 5.10 Å². The Hall–Kier alpha value is -2.23. The summed E-state index contributed by atoms with van der Waals surface area (Å²) >= 11 is 0. The number of aromatic nitrogens is 4. The monoisotopic (exact) mass is 324 g/mol. The molecule has 2 heterocycles. The molecule has 1 saturated heterocycles. The van der Waals surface area contributed by atoms with E-state index < -0.39 is 0 Å². The number of likely N-dealkylation sites (N-methyl/N-ethyl adjacent to an activating group) is 1. The Morgan fingerprint density at radius 2 is 2.09 bits per heavy atom. The highest BCUT2D eigenvalue weighted by Crippen LogP contribution is 2.07. The molecular formula is C13H24N8O2. The molecule has 10 heteroatoms. The topological polar surface area (TPSA) is 99.5 Å². The summed E-state index contributed by atoms with van der Waals surface area (Å²) in [5.74, 6) is 0.0956. The molecule has 0 unspecified atom stereocenters. The lowest BCUT2D eigenvalue weighted by Crippen LogP contribution is -2.54. The summed E-state index contributed by atoms with van der Waals surface area (Å²) in [4.78, 5) is 31.0. The summed E-state index contributed by atoms with van der Waals surface area (Å²) in [5, 5.41) is 14.3. The van der Waals surface area contributed by atoms with Crippen molar-refractivity contribution in [2.75, 3.05) is 52.1 Å². The molecule has 23 heavy (non-hydrogen) atoms. The standard InChI is InChI=1S/C13H24N8O2/c1-10(2)21-16-12(15-17-21)14-13(23)20-8-7-19(11(22)9-20)6-5-18(3)4/h10H,5-9H2,1-4H3,(H,14,16,23). The molecule has 2 rings (SSSR count). The van der Waals surface area contributed by atoms with E-state index in [9.17, 15) is 9.59 Å². The lowest BCUT2D eigenvalue weighted by Gasteiger charge is -2.34. The highest BCUT2D eigenvalue weighted by Gasteiger charge is 2.27. The van der Waals surface area contributed by atoms with Gasteiger partial charge in [-0.2, -0.15) is 4.80 Å². The fourth-order valence-electron chi connectivity index (χ4n) is 2.11. The van der Waals surface area contributed by atoms with Crippen LogP contribution in [0.1, 0.15) is 19.9 Å². The molecule has 0 atom stereocenters. The van der Waals surface area contributed by atoms with E-state index in [1.54, 1.807) is 4.90 Å². The first-order valence-electron chi connectivity index (χ1n) is 7.64. The fraction of sp³-hybridized carbons (Fsp3) is 0.769. The number of hydrogen-bond donors (Lipinski definition) is 1. The van der Waals surface area contributed by atoms with Crippen molar-refractivity contribution in [2.45, 2.75) is 19.9 Å². The van der Waals surface area contributed by atoms with Crippen molar-refractivity contribution >= 4 is 17.9 Å². The molecular weight excluding hydrogens is 300 g/mol. The number of hydrogen-bond acceptors (Lipinski definition) is 6. The smallest absolute Gasteiger partial charge is 0.324 e. The minimum absolute atomic E-state index is 0.0490. The van der Waals surface area contributed by atoms with Crippen LogP contribution in [0.15, 0.2) is 0 Å². The number of rotatable bonds is 5. The van der Waals surface area contributed by atoms with Crippen molar-refractivity contribution in [3.63, 3.8) is 0 Å². The molecule has 1 N–H and O–H groups in total. The first-order chi connectivity index (χ1) is 10.9. The van der Waals surface area contributed by atoms with Gasteiger partial charge in [-0.1, -0.05) is 5.10 Å². The Kier molecular flexibility index (Phi) is 5.48. The first kappa shape index (κ1) is 17.1. The van der Waals surface area contributed by atoms with Crippen molar-refractivity contribution in [3.8, 4) is 0 Å². The predicted octanol–water partition coefficient (Wildman–Crippen LogP) is -0.508. The van der Waals surface area contributed by atoms with Crippen LogP contribution >= 0.6 is 0 Å². The number of anilines is 1. The van der Waals surface area contributed by atoms with Crippen molar-refractivity contribution in [1.82, 2.24) is 34.9 Å². The number of urea groups is 1. The van der Waals surface area contributed by atoms with E-state index in [1.165, 1.54) is 9.70 Å². The van der Waals surface area contributed by atoms with E-state index in [-0.39, 0.29) is 30.5 Å². The summed E-state index contributed by atoms with van der Waals surface area (Å²) in [7, 11) is 3.93. The Bertz CT molecular complexity index is 556. The number of tetrazole rings is 1. The third-order valence-corrected chi connectivity index (χ3v) is 3.53. The summed E-state index contributed by atoms with van der Waals surface area (Å²) in [6.45, 7) is 6.40. The van der Waals surface area contributed by atoms with E-state index in [0.717, 1.165) is 6.54 Å². The van der Waals surface area contributed by atoms with Crippen molar-refractivity contribution in [2.24, 2.45) is 0 Å². The maximum Gasteiger partial charge on any atom is 0.324 e. The number of nitrogens with zero attached hydrogens (tertiary/aromatic N) is 7. The second kappa shape index (κ2) is 7.36. The van der Waals surface area contributed by atoms with Gasteiger partial charge in [0.2, 0.25) is 5.91 Å². The lowest BCUT2D eigenvalue weighted by atomic mass is 10.3. The molecule has 0 spiro atoms. The van der Waals surface area contributed by atoms with E-state index in [1.807, 2.05) is 32.8 Å². The van der Waals surface area contributed by atoms with Gasteiger partial charge in [-0.05, 0) is 33.2 Å². The van der Waals surface area contributed by atoms with Crippen molar-refractivity contribution < 1.29 is 9.59 Å². The normalized spacial score (nSPS) is 15.7. The average Bonchev–Trinajstić information content (AvgIpc) is 2.94. The van der Waals surface area contributed by atoms with Gasteiger partial charge in [0.1, 0.15) is 6.54 Å². The molecule has 1 fully saturated rings. The maximum absolute atomic E-state index is 12.2. The van der Waals surface area contributed by atoms with Gasteiger partial charge in [-0.25, -0.2) is 4.79 Å². The van der Waals surface area contributed by atoms with Crippen LogP contribution < -0.4 is 5.32 Å². The number of amides is 3. The molecule has 3 amide bonds. The Labute approximate surface area is 135 Å². The van der Waals surface area contributed by atoms with E-state index in [4.69, 9.17) is 0 Å². The maximum atomic E-state index is 12.2. The largest absolute Gasteiger partial charge is 0.338 e. The summed E-state index contributed by atoms with van der Waals surface area (Å²) < 4.78 is 0. The van der Waals surface area contributed by atoms with Crippen LogP contribution in [0.3, 0.4) is 0 Å². The van der Waals surface area contributed by atoms with Crippen LogP contribution in [-0.2, 0) is 4.79 Å². The van der Waals surface area contributed by atoms with E-state index in [2.05, 4.69) is 20.7 Å². The zero-order valence-electron chi connectivity index (χ0n) is 14.1.